The van der Waals surface area contributed by atoms with Crippen molar-refractivity contribution in [3.8, 4) is 0 Å². The van der Waals surface area contributed by atoms with E-state index in [-0.39, 0.29) is 11.7 Å². The van der Waals surface area contributed by atoms with E-state index in [1.807, 2.05) is 44.2 Å². The van der Waals surface area contributed by atoms with Gasteiger partial charge in [0.15, 0.2) is 0 Å². The predicted octanol–water partition coefficient (Wildman–Crippen LogP) is 2.98. The lowest BCUT2D eigenvalue weighted by Gasteiger charge is -2.19. The molecule has 0 aliphatic heterocycles. The molecule has 0 bridgehead atoms. The van der Waals surface area contributed by atoms with E-state index in [2.05, 4.69) is 0 Å². The molecule has 0 amide bonds. The summed E-state index contributed by atoms with van der Waals surface area (Å²) in [6, 6.07) is 9.86. The molecule has 0 radical (unpaired) electrons. The molecule has 110 valence electrons. The summed E-state index contributed by atoms with van der Waals surface area (Å²) in [5.74, 6) is -0.584. The third kappa shape index (κ3) is 5.27. The van der Waals surface area contributed by atoms with Crippen LogP contribution in [0.15, 0.2) is 42.5 Å². The number of benzene rings is 1. The van der Waals surface area contributed by atoms with Crippen molar-refractivity contribution in [2.45, 2.75) is 33.5 Å². The summed E-state index contributed by atoms with van der Waals surface area (Å²) < 4.78 is 5.57. The van der Waals surface area contributed by atoms with Crippen molar-refractivity contribution in [3.63, 3.8) is 0 Å². The number of Topliss-reactive ketones (excluding diaryl/α,β-unsaturated/α-hetero) is 1. The standard InChI is InChI=1S/C17H24O3/c1-4-8-16(18)14(3)17(19)13(2)11-20-12-15-9-6-5-7-10-15/h4-10,13-14,16,18H,11-12H2,1-3H3/b8-4+/t13-,14-,16-/m0/s1. The Morgan fingerprint density at radius 3 is 2.55 bits per heavy atom. The molecule has 20 heavy (non-hydrogen) atoms. The van der Waals surface area contributed by atoms with Crippen molar-refractivity contribution in [3.05, 3.63) is 48.0 Å². The molecule has 1 rings (SSSR count). The van der Waals surface area contributed by atoms with Gasteiger partial charge in [-0.2, -0.15) is 0 Å². The summed E-state index contributed by atoms with van der Waals surface area (Å²) in [6.45, 7) is 6.30. The van der Waals surface area contributed by atoms with Gasteiger partial charge in [0.25, 0.3) is 0 Å². The van der Waals surface area contributed by atoms with Crippen LogP contribution in [0.5, 0.6) is 0 Å². The molecule has 3 nitrogen and oxygen atoms in total. The highest BCUT2D eigenvalue weighted by Crippen LogP contribution is 2.13. The summed E-state index contributed by atoms with van der Waals surface area (Å²) in [6.07, 6.45) is 2.68. The van der Waals surface area contributed by atoms with Crippen molar-refractivity contribution in [2.75, 3.05) is 6.61 Å². The zero-order valence-electron chi connectivity index (χ0n) is 12.5. The Labute approximate surface area is 121 Å². The first kappa shape index (κ1) is 16.6. The van der Waals surface area contributed by atoms with E-state index in [0.29, 0.717) is 13.2 Å². The zero-order valence-corrected chi connectivity index (χ0v) is 12.5. The van der Waals surface area contributed by atoms with Crippen molar-refractivity contribution in [1.82, 2.24) is 0 Å². The maximum atomic E-state index is 12.1. The molecule has 0 aliphatic carbocycles. The minimum Gasteiger partial charge on any atom is -0.388 e. The molecule has 0 spiro atoms. The Bertz CT molecular complexity index is 425. The van der Waals surface area contributed by atoms with Crippen LogP contribution in [0.2, 0.25) is 0 Å². The van der Waals surface area contributed by atoms with Crippen LogP contribution in [-0.2, 0) is 16.1 Å². The first-order chi connectivity index (χ1) is 9.56. The summed E-state index contributed by atoms with van der Waals surface area (Å²) in [4.78, 5) is 12.1. The first-order valence-electron chi connectivity index (χ1n) is 7.02. The number of carbonyl (C=O) groups is 1. The van der Waals surface area contributed by atoms with Gasteiger partial charge in [0.1, 0.15) is 5.78 Å². The van der Waals surface area contributed by atoms with Crippen molar-refractivity contribution in [2.24, 2.45) is 11.8 Å². The maximum absolute atomic E-state index is 12.1. The minimum atomic E-state index is -0.718. The molecular formula is C17H24O3. The summed E-state index contributed by atoms with van der Waals surface area (Å²) in [5, 5.41) is 9.79. The molecule has 0 aliphatic rings. The Morgan fingerprint density at radius 2 is 1.95 bits per heavy atom. The van der Waals surface area contributed by atoms with Gasteiger partial charge in [-0.1, -0.05) is 56.3 Å². The molecule has 0 saturated carbocycles. The molecule has 1 aromatic rings. The highest BCUT2D eigenvalue weighted by atomic mass is 16.5. The van der Waals surface area contributed by atoms with Gasteiger partial charge in [-0.15, -0.1) is 0 Å². The Kier molecular flexibility index (Phi) is 7.20. The number of ether oxygens (including phenoxy) is 1. The first-order valence-corrected chi connectivity index (χ1v) is 7.02. The van der Waals surface area contributed by atoms with Crippen molar-refractivity contribution < 1.29 is 14.6 Å². The number of aliphatic hydroxyl groups is 1. The molecule has 0 unspecified atom stereocenters. The number of allylic oxidation sites excluding steroid dienone is 1. The van der Waals surface area contributed by atoms with E-state index in [1.54, 1.807) is 19.1 Å². The minimum absolute atomic E-state index is 0.0312. The Hall–Kier alpha value is -1.45. The van der Waals surface area contributed by atoms with Crippen LogP contribution in [0.4, 0.5) is 0 Å². The van der Waals surface area contributed by atoms with Gasteiger partial charge in [0.05, 0.1) is 19.3 Å². The van der Waals surface area contributed by atoms with Crippen LogP contribution in [0, 0.1) is 11.8 Å². The van der Waals surface area contributed by atoms with E-state index in [9.17, 15) is 9.90 Å². The molecule has 0 heterocycles. The third-order valence-corrected chi connectivity index (χ3v) is 3.32. The molecule has 0 aromatic heterocycles. The fourth-order valence-corrected chi connectivity index (χ4v) is 1.99. The second-order valence-corrected chi connectivity index (χ2v) is 5.11. The number of hydrogen-bond acceptors (Lipinski definition) is 3. The topological polar surface area (TPSA) is 46.5 Å². The normalized spacial score (nSPS) is 16.0. The maximum Gasteiger partial charge on any atom is 0.143 e. The second-order valence-electron chi connectivity index (χ2n) is 5.11. The number of aliphatic hydroxyl groups excluding tert-OH is 1. The van der Waals surface area contributed by atoms with Gasteiger partial charge in [-0.25, -0.2) is 0 Å². The zero-order chi connectivity index (χ0) is 15.0. The van der Waals surface area contributed by atoms with E-state index in [4.69, 9.17) is 4.74 Å². The number of rotatable bonds is 8. The third-order valence-electron chi connectivity index (χ3n) is 3.32. The number of carbonyl (C=O) groups excluding carboxylic acids is 1. The van der Waals surface area contributed by atoms with E-state index in [1.165, 1.54) is 0 Å². The van der Waals surface area contributed by atoms with Crippen LogP contribution in [0.1, 0.15) is 26.3 Å². The Morgan fingerprint density at radius 1 is 1.30 bits per heavy atom. The molecule has 1 N–H and O–H groups in total. The quantitative estimate of drug-likeness (QED) is 0.742. The Balaban J connectivity index is 2.38. The SMILES string of the molecule is C/C=C/[C@H](O)[C@H](C)C(=O)[C@@H](C)COCc1ccccc1. The van der Waals surface area contributed by atoms with Crippen LogP contribution < -0.4 is 0 Å². The average Bonchev–Trinajstić information content (AvgIpc) is 2.47. The van der Waals surface area contributed by atoms with Crippen LogP contribution in [0.25, 0.3) is 0 Å². The molecule has 1 aromatic carbocycles. The summed E-state index contributed by atoms with van der Waals surface area (Å²) in [5.41, 5.74) is 1.09. The van der Waals surface area contributed by atoms with Crippen LogP contribution in [0.3, 0.4) is 0 Å². The van der Waals surface area contributed by atoms with Gasteiger partial charge in [-0.3, -0.25) is 4.79 Å². The molecule has 3 heteroatoms. The van der Waals surface area contributed by atoms with Gasteiger partial charge >= 0.3 is 0 Å². The van der Waals surface area contributed by atoms with Crippen LogP contribution in [-0.4, -0.2) is 23.6 Å². The van der Waals surface area contributed by atoms with E-state index in [0.717, 1.165) is 5.56 Å². The monoisotopic (exact) mass is 276 g/mol. The highest BCUT2D eigenvalue weighted by Gasteiger charge is 2.24. The van der Waals surface area contributed by atoms with E-state index >= 15 is 0 Å². The highest BCUT2D eigenvalue weighted by molar-refractivity contribution is 5.83. The lowest BCUT2D eigenvalue weighted by atomic mass is 9.91. The van der Waals surface area contributed by atoms with E-state index < -0.39 is 12.0 Å². The molecular weight excluding hydrogens is 252 g/mol. The number of ketones is 1. The predicted molar refractivity (Wildman–Crippen MR) is 80.3 cm³/mol. The average molecular weight is 276 g/mol. The number of hydrogen-bond donors (Lipinski definition) is 1. The molecule has 3 atom stereocenters. The lowest BCUT2D eigenvalue weighted by Crippen LogP contribution is -2.30. The smallest absolute Gasteiger partial charge is 0.143 e. The summed E-state index contributed by atoms with van der Waals surface area (Å²) >= 11 is 0. The van der Waals surface area contributed by atoms with Crippen LogP contribution >= 0.6 is 0 Å². The molecule has 0 fully saturated rings. The summed E-state index contributed by atoms with van der Waals surface area (Å²) in [7, 11) is 0. The van der Waals surface area contributed by atoms with Crippen molar-refractivity contribution >= 4 is 5.78 Å². The molecule has 0 saturated heterocycles. The van der Waals surface area contributed by atoms with Gasteiger partial charge in [0.2, 0.25) is 0 Å². The lowest BCUT2D eigenvalue weighted by molar-refractivity contribution is -0.130. The van der Waals surface area contributed by atoms with Gasteiger partial charge in [0, 0.05) is 11.8 Å². The largest absolute Gasteiger partial charge is 0.388 e. The van der Waals surface area contributed by atoms with Crippen molar-refractivity contribution in [1.29, 1.82) is 0 Å². The van der Waals surface area contributed by atoms with Gasteiger partial charge < -0.3 is 9.84 Å². The second kappa shape index (κ2) is 8.67. The fraction of sp³-hybridized carbons (Fsp3) is 0.471. The fourth-order valence-electron chi connectivity index (χ4n) is 1.99. The van der Waals surface area contributed by atoms with Gasteiger partial charge in [-0.05, 0) is 12.5 Å².